The summed E-state index contributed by atoms with van der Waals surface area (Å²) in [7, 11) is 0. The molecule has 0 saturated heterocycles. The molecule has 0 spiro atoms. The second-order valence-corrected chi connectivity index (χ2v) is 7.16. The van der Waals surface area contributed by atoms with Gasteiger partial charge in [0, 0.05) is 5.56 Å². The molecule has 4 aromatic rings. The third kappa shape index (κ3) is 5.34. The second-order valence-electron chi connectivity index (χ2n) is 7.16. The number of rotatable bonds is 7. The zero-order chi connectivity index (χ0) is 23.8. The SMILES string of the molecule is N#Cc1cccc(COc2cccc(C=NNc3nc(-c4ccccc4)c(C#N)c(=O)[nH]3)c2)c1. The Morgan fingerprint density at radius 1 is 1.00 bits per heavy atom. The molecule has 8 heteroatoms. The second kappa shape index (κ2) is 10.4. The first-order valence-corrected chi connectivity index (χ1v) is 10.3. The van der Waals surface area contributed by atoms with Gasteiger partial charge in [-0.3, -0.25) is 9.78 Å². The third-order valence-electron chi connectivity index (χ3n) is 4.78. The highest BCUT2D eigenvalue weighted by Gasteiger charge is 2.12. The van der Waals surface area contributed by atoms with Gasteiger partial charge in [0.25, 0.3) is 5.56 Å². The topological polar surface area (TPSA) is 127 Å². The third-order valence-corrected chi connectivity index (χ3v) is 4.78. The number of anilines is 1. The lowest BCUT2D eigenvalue weighted by atomic mass is 10.1. The molecule has 4 rings (SSSR count). The van der Waals surface area contributed by atoms with E-state index in [2.05, 4.69) is 26.6 Å². The van der Waals surface area contributed by atoms with Crippen molar-refractivity contribution in [1.82, 2.24) is 9.97 Å². The maximum atomic E-state index is 12.3. The van der Waals surface area contributed by atoms with Crippen LogP contribution in [0, 0.1) is 22.7 Å². The van der Waals surface area contributed by atoms with Crippen LogP contribution in [0.2, 0.25) is 0 Å². The van der Waals surface area contributed by atoms with Gasteiger partial charge < -0.3 is 4.74 Å². The lowest BCUT2D eigenvalue weighted by Crippen LogP contribution is -2.16. The molecule has 34 heavy (non-hydrogen) atoms. The maximum Gasteiger partial charge on any atom is 0.270 e. The van der Waals surface area contributed by atoms with Gasteiger partial charge in [0.05, 0.1) is 23.5 Å². The highest BCUT2D eigenvalue weighted by Crippen LogP contribution is 2.19. The molecule has 0 bridgehead atoms. The van der Waals surface area contributed by atoms with Crippen LogP contribution in [0.4, 0.5) is 5.95 Å². The fourth-order valence-electron chi connectivity index (χ4n) is 3.18. The molecule has 0 atom stereocenters. The highest BCUT2D eigenvalue weighted by molar-refractivity contribution is 5.80. The van der Waals surface area contributed by atoms with Crippen LogP contribution in [0.1, 0.15) is 22.3 Å². The molecule has 0 aliphatic carbocycles. The summed E-state index contributed by atoms with van der Waals surface area (Å²) in [6.45, 7) is 0.326. The van der Waals surface area contributed by atoms with Crippen LogP contribution in [0.15, 0.2) is 88.8 Å². The fraction of sp³-hybridized carbons (Fsp3) is 0.0385. The molecular formula is C26H18N6O2. The molecule has 1 aromatic heterocycles. The van der Waals surface area contributed by atoms with E-state index in [1.54, 1.807) is 42.6 Å². The summed E-state index contributed by atoms with van der Waals surface area (Å²) in [6.07, 6.45) is 1.56. The fourth-order valence-corrected chi connectivity index (χ4v) is 3.18. The summed E-state index contributed by atoms with van der Waals surface area (Å²) >= 11 is 0. The Labute approximate surface area is 195 Å². The van der Waals surface area contributed by atoms with E-state index in [0.29, 0.717) is 23.5 Å². The number of hydrazone groups is 1. The van der Waals surface area contributed by atoms with E-state index >= 15 is 0 Å². The summed E-state index contributed by atoms with van der Waals surface area (Å²) in [4.78, 5) is 19.2. The molecule has 0 aliphatic heterocycles. The van der Waals surface area contributed by atoms with E-state index < -0.39 is 5.56 Å². The van der Waals surface area contributed by atoms with E-state index in [-0.39, 0.29) is 17.2 Å². The quantitative estimate of drug-likeness (QED) is 0.323. The molecule has 2 N–H and O–H groups in total. The number of nitrogens with one attached hydrogen (secondary N) is 2. The Kier molecular flexibility index (Phi) is 6.73. The Morgan fingerprint density at radius 2 is 1.82 bits per heavy atom. The van der Waals surface area contributed by atoms with E-state index in [1.807, 2.05) is 48.5 Å². The first-order chi connectivity index (χ1) is 16.7. The standard InChI is InChI=1S/C26H18N6O2/c27-14-18-6-4-8-20(12-18)17-34-22-11-5-7-19(13-22)16-29-32-26-30-24(21-9-2-1-3-10-21)23(15-28)25(33)31-26/h1-13,16H,17H2,(H2,30,31,32,33). The van der Waals surface area contributed by atoms with Gasteiger partial charge in [0.1, 0.15) is 24.0 Å². The molecule has 164 valence electrons. The van der Waals surface area contributed by atoms with Crippen molar-refractivity contribution in [1.29, 1.82) is 10.5 Å². The van der Waals surface area contributed by atoms with Crippen LogP contribution in [0.25, 0.3) is 11.3 Å². The van der Waals surface area contributed by atoms with Gasteiger partial charge in [0.15, 0.2) is 0 Å². The lowest BCUT2D eigenvalue weighted by molar-refractivity contribution is 0.306. The Morgan fingerprint density at radius 3 is 2.62 bits per heavy atom. The number of aromatic nitrogens is 2. The number of ether oxygens (including phenoxy) is 1. The van der Waals surface area contributed by atoms with Crippen molar-refractivity contribution in [3.63, 3.8) is 0 Å². The Bertz CT molecular complexity index is 1480. The molecule has 0 fully saturated rings. The van der Waals surface area contributed by atoms with Crippen molar-refractivity contribution in [3.05, 3.63) is 111 Å². The molecule has 0 saturated carbocycles. The first-order valence-electron chi connectivity index (χ1n) is 10.3. The maximum absolute atomic E-state index is 12.3. The predicted molar refractivity (Wildman–Crippen MR) is 128 cm³/mol. The van der Waals surface area contributed by atoms with Gasteiger partial charge in [-0.05, 0) is 35.4 Å². The van der Waals surface area contributed by atoms with E-state index in [1.165, 1.54) is 0 Å². The number of hydrogen-bond donors (Lipinski definition) is 2. The summed E-state index contributed by atoms with van der Waals surface area (Å²) in [5, 5.41) is 22.5. The van der Waals surface area contributed by atoms with E-state index in [9.17, 15) is 10.1 Å². The monoisotopic (exact) mass is 446 g/mol. The molecule has 0 radical (unpaired) electrons. The van der Waals surface area contributed by atoms with Crippen molar-refractivity contribution >= 4 is 12.2 Å². The minimum Gasteiger partial charge on any atom is -0.489 e. The van der Waals surface area contributed by atoms with Gasteiger partial charge in [-0.15, -0.1) is 0 Å². The average molecular weight is 446 g/mol. The average Bonchev–Trinajstić information content (AvgIpc) is 2.88. The van der Waals surface area contributed by atoms with Gasteiger partial charge >= 0.3 is 0 Å². The Hall–Kier alpha value is -5.21. The van der Waals surface area contributed by atoms with Crippen LogP contribution >= 0.6 is 0 Å². The van der Waals surface area contributed by atoms with Crippen LogP contribution < -0.4 is 15.7 Å². The van der Waals surface area contributed by atoms with Gasteiger partial charge in [-0.25, -0.2) is 10.4 Å². The minimum absolute atomic E-state index is 0.0640. The summed E-state index contributed by atoms with van der Waals surface area (Å²) in [6, 6.07) is 27.6. The lowest BCUT2D eigenvalue weighted by Gasteiger charge is -2.07. The van der Waals surface area contributed by atoms with Crippen LogP contribution in [-0.2, 0) is 6.61 Å². The first kappa shape index (κ1) is 22.0. The van der Waals surface area contributed by atoms with Gasteiger partial charge in [-0.1, -0.05) is 54.6 Å². The van der Waals surface area contributed by atoms with E-state index in [4.69, 9.17) is 10.00 Å². The zero-order valence-electron chi connectivity index (χ0n) is 17.9. The van der Waals surface area contributed by atoms with Crippen LogP contribution in [0.3, 0.4) is 0 Å². The molecular weight excluding hydrogens is 428 g/mol. The number of H-pyrrole nitrogens is 1. The minimum atomic E-state index is -0.551. The number of aromatic amines is 1. The number of nitrogens with zero attached hydrogens (tertiary/aromatic N) is 4. The van der Waals surface area contributed by atoms with Crippen LogP contribution in [0.5, 0.6) is 5.75 Å². The number of hydrogen-bond acceptors (Lipinski definition) is 7. The normalized spacial score (nSPS) is 10.4. The molecule has 3 aromatic carbocycles. The van der Waals surface area contributed by atoms with Crippen molar-refractivity contribution in [2.75, 3.05) is 5.43 Å². The van der Waals surface area contributed by atoms with Crippen molar-refractivity contribution in [2.24, 2.45) is 5.10 Å². The largest absolute Gasteiger partial charge is 0.489 e. The number of nitriles is 2. The Balaban J connectivity index is 1.47. The van der Waals surface area contributed by atoms with Gasteiger partial charge in [0.2, 0.25) is 5.95 Å². The molecule has 1 heterocycles. The summed E-state index contributed by atoms with van der Waals surface area (Å²) in [5.41, 5.74) is 5.26. The molecule has 8 nitrogen and oxygen atoms in total. The molecule has 0 amide bonds. The zero-order valence-corrected chi connectivity index (χ0v) is 17.9. The number of benzene rings is 3. The molecule has 0 aliphatic rings. The van der Waals surface area contributed by atoms with Gasteiger partial charge in [-0.2, -0.15) is 15.6 Å². The van der Waals surface area contributed by atoms with Crippen molar-refractivity contribution < 1.29 is 4.74 Å². The smallest absolute Gasteiger partial charge is 0.270 e. The summed E-state index contributed by atoms with van der Waals surface area (Å²) in [5.74, 6) is 0.756. The van der Waals surface area contributed by atoms with E-state index in [0.717, 1.165) is 11.1 Å². The highest BCUT2D eigenvalue weighted by atomic mass is 16.5. The molecule has 0 unspecified atom stereocenters. The van der Waals surface area contributed by atoms with Crippen LogP contribution in [-0.4, -0.2) is 16.2 Å². The predicted octanol–water partition coefficient (Wildman–Crippen LogP) is 4.21. The van der Waals surface area contributed by atoms with Crippen molar-refractivity contribution in [2.45, 2.75) is 6.61 Å². The summed E-state index contributed by atoms with van der Waals surface area (Å²) < 4.78 is 5.82. The van der Waals surface area contributed by atoms with Crippen molar-refractivity contribution in [3.8, 4) is 29.1 Å².